The number of Topliss-reactive ketones (excluding diaryl/α,β-unsaturated/α-hetero) is 1. The Bertz CT molecular complexity index is 740. The van der Waals surface area contributed by atoms with E-state index in [0.29, 0.717) is 26.8 Å². The molecular weight excluding hydrogens is 330 g/mol. The highest BCUT2D eigenvalue weighted by Crippen LogP contribution is 2.29. The van der Waals surface area contributed by atoms with Crippen LogP contribution in [0, 0.1) is 0 Å². The van der Waals surface area contributed by atoms with Crippen molar-refractivity contribution in [3.8, 4) is 11.5 Å². The van der Waals surface area contributed by atoms with Crippen LogP contribution >= 0.6 is 11.3 Å². The van der Waals surface area contributed by atoms with E-state index in [1.165, 1.54) is 21.1 Å². The van der Waals surface area contributed by atoms with Gasteiger partial charge >= 0.3 is 0 Å². The first kappa shape index (κ1) is 18.0. The van der Waals surface area contributed by atoms with E-state index in [2.05, 4.69) is 5.32 Å². The average molecular weight is 349 g/mol. The van der Waals surface area contributed by atoms with Gasteiger partial charge in [0.1, 0.15) is 17.6 Å². The normalized spacial score (nSPS) is 11.7. The summed E-state index contributed by atoms with van der Waals surface area (Å²) in [5.74, 6) is 0.668. The Morgan fingerprint density at radius 3 is 2.46 bits per heavy atom. The minimum absolute atomic E-state index is 0.00959. The van der Waals surface area contributed by atoms with Crippen LogP contribution in [0.2, 0.25) is 0 Å². The second-order valence-electron chi connectivity index (χ2n) is 5.05. The number of hydrogen-bond acceptors (Lipinski definition) is 6. The molecule has 0 fully saturated rings. The Hall–Kier alpha value is -2.38. The third kappa shape index (κ3) is 4.12. The summed E-state index contributed by atoms with van der Waals surface area (Å²) < 4.78 is 10.4. The van der Waals surface area contributed by atoms with Crippen molar-refractivity contribution in [3.05, 3.63) is 45.6 Å². The molecule has 24 heavy (non-hydrogen) atoms. The summed E-state index contributed by atoms with van der Waals surface area (Å²) in [5, 5.41) is 13.0. The molecule has 2 rings (SSSR count). The zero-order valence-corrected chi connectivity index (χ0v) is 14.5. The fourth-order valence-electron chi connectivity index (χ4n) is 2.14. The van der Waals surface area contributed by atoms with Gasteiger partial charge in [0.25, 0.3) is 5.91 Å². The molecule has 0 aliphatic rings. The van der Waals surface area contributed by atoms with E-state index in [4.69, 9.17) is 9.47 Å². The number of aliphatic hydroxyl groups excluding tert-OH is 1. The summed E-state index contributed by atoms with van der Waals surface area (Å²) in [7, 11) is 3.04. The van der Waals surface area contributed by atoms with Crippen molar-refractivity contribution in [1.82, 2.24) is 5.32 Å². The van der Waals surface area contributed by atoms with E-state index in [-0.39, 0.29) is 18.2 Å². The Kier molecular flexibility index (Phi) is 5.94. The molecule has 1 aromatic heterocycles. The Labute approximate surface area is 144 Å². The number of hydrogen-bond donors (Lipinski definition) is 2. The lowest BCUT2D eigenvalue weighted by atomic mass is 10.1. The quantitative estimate of drug-likeness (QED) is 0.750. The molecule has 0 spiro atoms. The molecule has 1 atom stereocenters. The third-order valence-electron chi connectivity index (χ3n) is 3.43. The number of nitrogens with one attached hydrogen (secondary N) is 1. The van der Waals surface area contributed by atoms with Gasteiger partial charge in [0, 0.05) is 12.1 Å². The van der Waals surface area contributed by atoms with Gasteiger partial charge in [-0.1, -0.05) is 0 Å². The molecule has 0 radical (unpaired) electrons. The van der Waals surface area contributed by atoms with Crippen LogP contribution in [0.3, 0.4) is 0 Å². The number of amides is 1. The van der Waals surface area contributed by atoms with Crippen LogP contribution in [0.4, 0.5) is 0 Å². The highest BCUT2D eigenvalue weighted by atomic mass is 32.1. The van der Waals surface area contributed by atoms with E-state index in [1.807, 2.05) is 0 Å². The lowest BCUT2D eigenvalue weighted by Crippen LogP contribution is -2.27. The molecule has 0 saturated heterocycles. The van der Waals surface area contributed by atoms with Gasteiger partial charge in [-0.25, -0.2) is 0 Å². The molecule has 6 nitrogen and oxygen atoms in total. The predicted octanol–water partition coefficient (Wildman–Crippen LogP) is 2.43. The second kappa shape index (κ2) is 7.94. The number of ketones is 1. The summed E-state index contributed by atoms with van der Waals surface area (Å²) in [6.07, 6.45) is -0.953. The number of carbonyl (C=O) groups excluding carboxylic acids is 2. The summed E-state index contributed by atoms with van der Waals surface area (Å²) in [6, 6.07) is 8.29. The first-order chi connectivity index (χ1) is 11.5. The zero-order chi connectivity index (χ0) is 17.7. The molecule has 128 valence electrons. The van der Waals surface area contributed by atoms with Gasteiger partial charge in [0.05, 0.1) is 24.0 Å². The fourth-order valence-corrected chi connectivity index (χ4v) is 2.95. The molecule has 0 saturated carbocycles. The van der Waals surface area contributed by atoms with Crippen LogP contribution in [0.15, 0.2) is 30.3 Å². The monoisotopic (exact) mass is 349 g/mol. The van der Waals surface area contributed by atoms with Gasteiger partial charge in [-0.2, -0.15) is 0 Å². The van der Waals surface area contributed by atoms with E-state index in [1.54, 1.807) is 30.3 Å². The van der Waals surface area contributed by atoms with Gasteiger partial charge < -0.3 is 19.9 Å². The second-order valence-corrected chi connectivity index (χ2v) is 6.14. The topological polar surface area (TPSA) is 84.9 Å². The molecule has 2 N–H and O–H groups in total. The molecule has 0 aliphatic heterocycles. The fraction of sp³-hybridized carbons (Fsp3) is 0.294. The average Bonchev–Trinajstić information content (AvgIpc) is 3.09. The van der Waals surface area contributed by atoms with Crippen molar-refractivity contribution < 1.29 is 24.2 Å². The number of thiophene rings is 1. The number of ether oxygens (including phenoxy) is 2. The van der Waals surface area contributed by atoms with Gasteiger partial charge in [0.15, 0.2) is 5.78 Å². The lowest BCUT2D eigenvalue weighted by molar-refractivity contribution is 0.0918. The number of benzene rings is 1. The minimum Gasteiger partial charge on any atom is -0.497 e. The van der Waals surface area contributed by atoms with E-state index >= 15 is 0 Å². The summed E-state index contributed by atoms with van der Waals surface area (Å²) in [6.45, 7) is 1.46. The van der Waals surface area contributed by atoms with Crippen molar-refractivity contribution in [2.75, 3.05) is 20.8 Å². The van der Waals surface area contributed by atoms with E-state index in [9.17, 15) is 14.7 Å². The molecule has 1 unspecified atom stereocenters. The van der Waals surface area contributed by atoms with Crippen molar-refractivity contribution >= 4 is 23.0 Å². The van der Waals surface area contributed by atoms with Gasteiger partial charge in [-0.3, -0.25) is 9.59 Å². The smallest absolute Gasteiger partial charge is 0.261 e. The Balaban J connectivity index is 2.05. The Morgan fingerprint density at radius 2 is 1.88 bits per heavy atom. The zero-order valence-electron chi connectivity index (χ0n) is 13.7. The Morgan fingerprint density at radius 1 is 1.17 bits per heavy atom. The lowest BCUT2D eigenvalue weighted by Gasteiger charge is -2.16. The van der Waals surface area contributed by atoms with E-state index in [0.717, 1.165) is 11.3 Å². The molecule has 0 bridgehead atoms. The van der Waals surface area contributed by atoms with Crippen LogP contribution in [0.25, 0.3) is 0 Å². The van der Waals surface area contributed by atoms with Crippen LogP contribution in [-0.4, -0.2) is 37.6 Å². The maximum Gasteiger partial charge on any atom is 0.261 e. The summed E-state index contributed by atoms with van der Waals surface area (Å²) in [4.78, 5) is 24.3. The number of carbonyl (C=O) groups is 2. The highest BCUT2D eigenvalue weighted by molar-refractivity contribution is 7.15. The van der Waals surface area contributed by atoms with Crippen molar-refractivity contribution in [1.29, 1.82) is 0 Å². The highest BCUT2D eigenvalue weighted by Gasteiger charge is 2.17. The minimum atomic E-state index is -0.953. The van der Waals surface area contributed by atoms with Crippen LogP contribution in [0.1, 0.15) is 37.9 Å². The van der Waals surface area contributed by atoms with Crippen molar-refractivity contribution in [2.45, 2.75) is 13.0 Å². The SMILES string of the molecule is COc1ccc(OC)c(C(O)CNC(=O)c2ccc(C(C)=O)s2)c1. The first-order valence-corrected chi connectivity index (χ1v) is 8.07. The predicted molar refractivity (Wildman–Crippen MR) is 91.2 cm³/mol. The molecule has 2 aromatic rings. The van der Waals surface area contributed by atoms with Crippen LogP contribution in [-0.2, 0) is 0 Å². The van der Waals surface area contributed by atoms with Crippen LogP contribution in [0.5, 0.6) is 11.5 Å². The van der Waals surface area contributed by atoms with Gasteiger partial charge in [-0.05, 0) is 37.3 Å². The molecule has 7 heteroatoms. The van der Waals surface area contributed by atoms with Crippen molar-refractivity contribution in [2.24, 2.45) is 0 Å². The van der Waals surface area contributed by atoms with E-state index < -0.39 is 6.10 Å². The molecule has 1 aromatic carbocycles. The first-order valence-electron chi connectivity index (χ1n) is 7.25. The molecule has 1 heterocycles. The molecular formula is C17H19NO5S. The number of methoxy groups -OCH3 is 2. The van der Waals surface area contributed by atoms with Gasteiger partial charge in [-0.15, -0.1) is 11.3 Å². The third-order valence-corrected chi connectivity index (χ3v) is 4.61. The molecule has 0 aliphatic carbocycles. The van der Waals surface area contributed by atoms with Crippen molar-refractivity contribution in [3.63, 3.8) is 0 Å². The maximum atomic E-state index is 12.1. The maximum absolute atomic E-state index is 12.1. The van der Waals surface area contributed by atoms with Gasteiger partial charge in [0.2, 0.25) is 0 Å². The number of aliphatic hydroxyl groups is 1. The van der Waals surface area contributed by atoms with Crippen LogP contribution < -0.4 is 14.8 Å². The largest absolute Gasteiger partial charge is 0.497 e. The molecule has 1 amide bonds. The standard InChI is InChI=1S/C17H19NO5S/c1-10(19)15-6-7-16(24-15)17(21)18-9-13(20)12-8-11(22-2)4-5-14(12)23-3/h4-8,13,20H,9H2,1-3H3,(H,18,21). The summed E-state index contributed by atoms with van der Waals surface area (Å²) >= 11 is 1.12. The number of rotatable bonds is 7. The summed E-state index contributed by atoms with van der Waals surface area (Å²) in [5.41, 5.74) is 0.521.